The van der Waals surface area contributed by atoms with E-state index in [1.54, 1.807) is 12.4 Å². The molecule has 6 nitrogen and oxygen atoms in total. The van der Waals surface area contributed by atoms with Gasteiger partial charge in [0.2, 0.25) is 0 Å². The van der Waals surface area contributed by atoms with E-state index >= 15 is 0 Å². The molecule has 0 fully saturated rings. The van der Waals surface area contributed by atoms with Crippen LogP contribution in [-0.4, -0.2) is 27.5 Å². The fourth-order valence-corrected chi connectivity index (χ4v) is 3.02. The number of aryl methyl sites for hydroxylation is 2. The van der Waals surface area contributed by atoms with Gasteiger partial charge in [0.1, 0.15) is 5.00 Å². The zero-order valence-electron chi connectivity index (χ0n) is 14.0. The van der Waals surface area contributed by atoms with E-state index in [4.69, 9.17) is 0 Å². The molecule has 0 aliphatic carbocycles. The summed E-state index contributed by atoms with van der Waals surface area (Å²) in [7, 11) is 0. The Morgan fingerprint density at radius 2 is 2.04 bits per heavy atom. The number of carbonyl (C=O) groups is 1. The molecule has 0 saturated carbocycles. The van der Waals surface area contributed by atoms with Gasteiger partial charge in [-0.2, -0.15) is 0 Å². The van der Waals surface area contributed by atoms with E-state index < -0.39 is 0 Å². The fraction of sp³-hybridized carbons (Fsp3) is 0.500. The molecule has 2 N–H and O–H groups in total. The fourth-order valence-electron chi connectivity index (χ4n) is 2.18. The Morgan fingerprint density at radius 3 is 2.74 bits per heavy atom. The number of hydrogen-bond donors (Lipinski definition) is 2. The molecule has 7 heteroatoms. The maximum absolute atomic E-state index is 12.0. The van der Waals surface area contributed by atoms with Gasteiger partial charge in [-0.1, -0.05) is 13.8 Å². The maximum Gasteiger partial charge on any atom is 0.319 e. The van der Waals surface area contributed by atoms with Gasteiger partial charge in [0, 0.05) is 25.4 Å². The van der Waals surface area contributed by atoms with E-state index in [2.05, 4.69) is 39.4 Å². The normalized spacial score (nSPS) is 10.8. The van der Waals surface area contributed by atoms with Crippen LogP contribution in [-0.2, 0) is 12.8 Å². The zero-order chi connectivity index (χ0) is 16.8. The van der Waals surface area contributed by atoms with Crippen molar-refractivity contribution in [3.8, 4) is 0 Å². The SMILES string of the molecule is Cc1cncc(CCNC(=O)Nc2sc(C)nc2CC(C)C)n1. The summed E-state index contributed by atoms with van der Waals surface area (Å²) in [4.78, 5) is 25.0. The molecule has 0 spiro atoms. The molecule has 2 aromatic rings. The molecular formula is C16H23N5OS. The summed E-state index contributed by atoms with van der Waals surface area (Å²) in [5, 5.41) is 7.56. The van der Waals surface area contributed by atoms with E-state index in [1.165, 1.54) is 11.3 Å². The Kier molecular flexibility index (Phi) is 6.04. The maximum atomic E-state index is 12.0. The number of nitrogens with zero attached hydrogens (tertiary/aromatic N) is 3. The smallest absolute Gasteiger partial charge is 0.319 e. The number of carbonyl (C=O) groups excluding carboxylic acids is 1. The Labute approximate surface area is 140 Å². The van der Waals surface area contributed by atoms with Crippen molar-refractivity contribution in [2.24, 2.45) is 5.92 Å². The quantitative estimate of drug-likeness (QED) is 0.851. The highest BCUT2D eigenvalue weighted by atomic mass is 32.1. The molecule has 0 saturated heterocycles. The molecule has 0 aromatic carbocycles. The summed E-state index contributed by atoms with van der Waals surface area (Å²) in [6.07, 6.45) is 4.95. The van der Waals surface area contributed by atoms with Crippen molar-refractivity contribution in [1.82, 2.24) is 20.3 Å². The minimum Gasteiger partial charge on any atom is -0.337 e. The molecule has 2 rings (SSSR count). The summed E-state index contributed by atoms with van der Waals surface area (Å²) in [5.74, 6) is 0.500. The first kappa shape index (κ1) is 17.3. The Morgan fingerprint density at radius 1 is 1.26 bits per heavy atom. The minimum absolute atomic E-state index is 0.209. The first-order valence-electron chi connectivity index (χ1n) is 7.72. The lowest BCUT2D eigenvalue weighted by molar-refractivity contribution is 0.252. The van der Waals surface area contributed by atoms with Gasteiger partial charge in [-0.25, -0.2) is 9.78 Å². The third kappa shape index (κ3) is 5.59. The lowest BCUT2D eigenvalue weighted by Crippen LogP contribution is -2.30. The molecule has 0 radical (unpaired) electrons. The van der Waals surface area contributed by atoms with Gasteiger partial charge >= 0.3 is 6.03 Å². The monoisotopic (exact) mass is 333 g/mol. The number of urea groups is 1. The third-order valence-electron chi connectivity index (χ3n) is 3.10. The first-order chi connectivity index (χ1) is 10.9. The standard InChI is InChI=1S/C16H23N5OS/c1-10(2)7-14-15(23-12(4)20-14)21-16(22)18-6-5-13-9-17-8-11(3)19-13/h8-10H,5-7H2,1-4H3,(H2,18,21,22). The third-order valence-corrected chi connectivity index (χ3v) is 4.03. The Hall–Kier alpha value is -2.02. The van der Waals surface area contributed by atoms with Gasteiger partial charge in [0.25, 0.3) is 0 Å². The van der Waals surface area contributed by atoms with Gasteiger partial charge in [0.15, 0.2) is 0 Å². The second kappa shape index (κ2) is 8.01. The van der Waals surface area contributed by atoms with E-state index in [0.717, 1.165) is 33.5 Å². The van der Waals surface area contributed by atoms with Crippen LogP contribution in [0.25, 0.3) is 0 Å². The highest BCUT2D eigenvalue weighted by Gasteiger charge is 2.13. The van der Waals surface area contributed by atoms with Gasteiger partial charge in [-0.15, -0.1) is 11.3 Å². The van der Waals surface area contributed by atoms with Crippen LogP contribution in [0.15, 0.2) is 12.4 Å². The van der Waals surface area contributed by atoms with Crippen LogP contribution < -0.4 is 10.6 Å². The van der Waals surface area contributed by atoms with Crippen molar-refractivity contribution in [3.05, 3.63) is 34.5 Å². The van der Waals surface area contributed by atoms with Crippen molar-refractivity contribution in [3.63, 3.8) is 0 Å². The summed E-state index contributed by atoms with van der Waals surface area (Å²) in [5.41, 5.74) is 2.71. The first-order valence-corrected chi connectivity index (χ1v) is 8.54. The second-order valence-corrected chi connectivity index (χ2v) is 7.09. The largest absolute Gasteiger partial charge is 0.337 e. The van der Waals surface area contributed by atoms with Gasteiger partial charge in [-0.05, 0) is 26.2 Å². The number of rotatable bonds is 6. The van der Waals surface area contributed by atoms with Crippen LogP contribution in [0.5, 0.6) is 0 Å². The molecule has 2 amide bonds. The zero-order valence-corrected chi connectivity index (χ0v) is 14.8. The van der Waals surface area contributed by atoms with Crippen LogP contribution in [0.4, 0.5) is 9.80 Å². The van der Waals surface area contributed by atoms with Crippen molar-refractivity contribution in [2.45, 2.75) is 40.5 Å². The highest BCUT2D eigenvalue weighted by molar-refractivity contribution is 7.16. The molecule has 2 aromatic heterocycles. The van der Waals surface area contributed by atoms with E-state index in [1.807, 2.05) is 13.8 Å². The van der Waals surface area contributed by atoms with Crippen LogP contribution in [0.3, 0.4) is 0 Å². The van der Waals surface area contributed by atoms with Crippen LogP contribution in [0, 0.1) is 19.8 Å². The van der Waals surface area contributed by atoms with Crippen LogP contribution in [0.1, 0.15) is 35.9 Å². The summed E-state index contributed by atoms with van der Waals surface area (Å²) in [6, 6.07) is -0.209. The average molecular weight is 333 g/mol. The molecule has 2 heterocycles. The van der Waals surface area contributed by atoms with Crippen molar-refractivity contribution in [1.29, 1.82) is 0 Å². The summed E-state index contributed by atoms with van der Waals surface area (Å²) < 4.78 is 0. The molecular weight excluding hydrogens is 310 g/mol. The lowest BCUT2D eigenvalue weighted by Gasteiger charge is -2.08. The Bertz CT molecular complexity index is 668. The molecule has 0 unspecified atom stereocenters. The van der Waals surface area contributed by atoms with Crippen molar-refractivity contribution in [2.75, 3.05) is 11.9 Å². The Balaban J connectivity index is 1.85. The minimum atomic E-state index is -0.209. The van der Waals surface area contributed by atoms with E-state index in [0.29, 0.717) is 18.9 Å². The number of aromatic nitrogens is 3. The molecule has 0 atom stereocenters. The molecule has 0 bridgehead atoms. The van der Waals surface area contributed by atoms with Crippen LogP contribution in [0.2, 0.25) is 0 Å². The van der Waals surface area contributed by atoms with Crippen molar-refractivity contribution < 1.29 is 4.79 Å². The summed E-state index contributed by atoms with van der Waals surface area (Å²) >= 11 is 1.51. The van der Waals surface area contributed by atoms with Gasteiger partial charge < -0.3 is 5.32 Å². The number of hydrogen-bond acceptors (Lipinski definition) is 5. The van der Waals surface area contributed by atoms with Crippen LogP contribution >= 0.6 is 11.3 Å². The number of amides is 2. The molecule has 23 heavy (non-hydrogen) atoms. The van der Waals surface area contributed by atoms with Gasteiger partial charge in [0.05, 0.1) is 22.1 Å². The topological polar surface area (TPSA) is 79.8 Å². The molecule has 0 aliphatic rings. The van der Waals surface area contributed by atoms with Gasteiger partial charge in [-0.3, -0.25) is 15.3 Å². The average Bonchev–Trinajstić information content (AvgIpc) is 2.77. The predicted molar refractivity (Wildman–Crippen MR) is 92.9 cm³/mol. The number of thiazole rings is 1. The summed E-state index contributed by atoms with van der Waals surface area (Å²) in [6.45, 7) is 8.65. The second-order valence-electron chi connectivity index (χ2n) is 5.89. The number of nitrogens with one attached hydrogen (secondary N) is 2. The van der Waals surface area contributed by atoms with E-state index in [9.17, 15) is 4.79 Å². The predicted octanol–water partition coefficient (Wildman–Crippen LogP) is 3.11. The lowest BCUT2D eigenvalue weighted by atomic mass is 10.1. The van der Waals surface area contributed by atoms with Crippen molar-refractivity contribution >= 4 is 22.4 Å². The number of anilines is 1. The molecule has 124 valence electrons. The highest BCUT2D eigenvalue weighted by Crippen LogP contribution is 2.26. The van der Waals surface area contributed by atoms with E-state index in [-0.39, 0.29) is 6.03 Å². The molecule has 0 aliphatic heterocycles.